The van der Waals surface area contributed by atoms with E-state index in [0.29, 0.717) is 11.6 Å². The third-order valence-electron chi connectivity index (χ3n) is 3.38. The number of hydrogen-bond acceptors (Lipinski definition) is 5. The van der Waals surface area contributed by atoms with Crippen molar-refractivity contribution in [2.75, 3.05) is 7.05 Å². The van der Waals surface area contributed by atoms with E-state index in [0.717, 1.165) is 18.5 Å². The van der Waals surface area contributed by atoms with Crippen LogP contribution in [0.5, 0.6) is 0 Å². The van der Waals surface area contributed by atoms with E-state index < -0.39 is 11.4 Å². The molecule has 4 N–H and O–H groups in total. The zero-order chi connectivity index (χ0) is 16.0. The topological polar surface area (TPSA) is 101 Å². The number of hydrogen-bond donors (Lipinski definition) is 3. The van der Waals surface area contributed by atoms with E-state index in [4.69, 9.17) is 5.73 Å². The third-order valence-corrected chi connectivity index (χ3v) is 4.37. The number of carbonyl (C=O) groups is 1. The maximum Gasteiger partial charge on any atom is 0.251 e. The number of nitrogens with zero attached hydrogens (tertiary/aromatic N) is 1. The highest BCUT2D eigenvalue weighted by Gasteiger charge is 2.31. The van der Waals surface area contributed by atoms with Crippen LogP contribution in [-0.2, 0) is 11.2 Å². The number of aromatic amines is 1. The number of thioether (sulfide) groups is 1. The van der Waals surface area contributed by atoms with Crippen molar-refractivity contribution in [1.82, 2.24) is 15.3 Å². The summed E-state index contributed by atoms with van der Waals surface area (Å²) in [6.07, 6.45) is 2.27. The average molecular weight is 312 g/mol. The first-order chi connectivity index (χ1) is 9.80. The molecule has 0 radical (unpaired) electrons. The van der Waals surface area contributed by atoms with Crippen LogP contribution in [0.3, 0.4) is 0 Å². The van der Waals surface area contributed by atoms with Gasteiger partial charge in [-0.05, 0) is 26.8 Å². The van der Waals surface area contributed by atoms with Crippen LogP contribution in [0, 0.1) is 0 Å². The van der Waals surface area contributed by atoms with Gasteiger partial charge in [-0.2, -0.15) is 0 Å². The molecule has 0 aliphatic heterocycles. The van der Waals surface area contributed by atoms with Gasteiger partial charge < -0.3 is 16.0 Å². The number of aromatic nitrogens is 2. The predicted molar refractivity (Wildman–Crippen MR) is 85.4 cm³/mol. The average Bonchev–Trinajstić information content (AvgIpc) is 2.37. The minimum Gasteiger partial charge on any atom is -0.368 e. The van der Waals surface area contributed by atoms with Gasteiger partial charge in [0, 0.05) is 17.0 Å². The van der Waals surface area contributed by atoms with Crippen LogP contribution in [0.25, 0.3) is 0 Å². The number of aryl methyl sites for hydroxylation is 1. The summed E-state index contributed by atoms with van der Waals surface area (Å²) in [6.45, 7) is 5.80. The Labute approximate surface area is 129 Å². The summed E-state index contributed by atoms with van der Waals surface area (Å²) in [7, 11) is 1.71. The van der Waals surface area contributed by atoms with Crippen LogP contribution in [0.2, 0.25) is 0 Å². The van der Waals surface area contributed by atoms with Crippen molar-refractivity contribution >= 4 is 17.7 Å². The molecule has 0 spiro atoms. The van der Waals surface area contributed by atoms with Gasteiger partial charge in [0.05, 0.1) is 5.54 Å². The molecule has 0 bridgehead atoms. The molecule has 7 heteroatoms. The Balaban J connectivity index is 2.81. The fourth-order valence-corrected chi connectivity index (χ4v) is 3.18. The molecule has 118 valence electrons. The molecule has 2 unspecified atom stereocenters. The molecule has 0 fully saturated rings. The van der Waals surface area contributed by atoms with Gasteiger partial charge in [-0.3, -0.25) is 9.59 Å². The fraction of sp³-hybridized carbons (Fsp3) is 0.643. The van der Waals surface area contributed by atoms with Crippen LogP contribution in [0.15, 0.2) is 16.0 Å². The number of primary amides is 1. The van der Waals surface area contributed by atoms with Gasteiger partial charge in [-0.25, -0.2) is 4.98 Å². The van der Waals surface area contributed by atoms with E-state index in [-0.39, 0.29) is 10.8 Å². The minimum absolute atomic E-state index is 0.0787. The van der Waals surface area contributed by atoms with Crippen LogP contribution in [0.4, 0.5) is 0 Å². The van der Waals surface area contributed by atoms with Crippen LogP contribution in [-0.4, -0.2) is 33.7 Å². The number of nitrogens with one attached hydrogen (secondary N) is 2. The Bertz CT molecular complexity index is 546. The Kier molecular flexibility index (Phi) is 6.42. The van der Waals surface area contributed by atoms with Gasteiger partial charge >= 0.3 is 0 Å². The Morgan fingerprint density at radius 2 is 2.29 bits per heavy atom. The maximum atomic E-state index is 11.6. The monoisotopic (exact) mass is 312 g/mol. The van der Waals surface area contributed by atoms with Crippen molar-refractivity contribution in [2.24, 2.45) is 5.73 Å². The molecule has 1 amide bonds. The van der Waals surface area contributed by atoms with Gasteiger partial charge in [-0.15, -0.1) is 0 Å². The smallest absolute Gasteiger partial charge is 0.251 e. The van der Waals surface area contributed by atoms with Crippen molar-refractivity contribution in [1.29, 1.82) is 0 Å². The second kappa shape index (κ2) is 7.61. The van der Waals surface area contributed by atoms with Crippen molar-refractivity contribution in [3.8, 4) is 0 Å². The normalized spacial score (nSPS) is 15.4. The molecule has 0 aromatic carbocycles. The van der Waals surface area contributed by atoms with E-state index in [1.54, 1.807) is 14.0 Å². The van der Waals surface area contributed by atoms with Crippen LogP contribution >= 0.6 is 11.8 Å². The van der Waals surface area contributed by atoms with Crippen LogP contribution < -0.4 is 16.6 Å². The Morgan fingerprint density at radius 3 is 2.81 bits per heavy atom. The summed E-state index contributed by atoms with van der Waals surface area (Å²) >= 11 is 1.44. The summed E-state index contributed by atoms with van der Waals surface area (Å²) in [5.74, 6) is -0.390. The molecule has 0 saturated carbocycles. The standard InChI is InChI=1S/C14H24N4O2S/c1-5-6-10-7-11(19)18-13(17-10)21-9(2)8-14(3,16-4)12(15)20/h7,9,16H,5-6,8H2,1-4H3,(H2,15,20)(H,17,18,19). The second-order valence-corrected chi connectivity index (χ2v) is 6.80. The summed E-state index contributed by atoms with van der Waals surface area (Å²) in [5.41, 5.74) is 5.31. The third kappa shape index (κ3) is 5.17. The molecule has 0 saturated heterocycles. The summed E-state index contributed by atoms with van der Waals surface area (Å²) in [4.78, 5) is 30.3. The maximum absolute atomic E-state index is 11.6. The van der Waals surface area contributed by atoms with E-state index in [2.05, 4.69) is 15.3 Å². The lowest BCUT2D eigenvalue weighted by molar-refractivity contribution is -0.123. The summed E-state index contributed by atoms with van der Waals surface area (Å²) in [6, 6.07) is 1.53. The van der Waals surface area contributed by atoms with E-state index in [1.165, 1.54) is 17.8 Å². The molecule has 1 aromatic rings. The molecule has 0 aliphatic rings. The predicted octanol–water partition coefficient (Wildman–Crippen LogP) is 1.06. The number of carbonyl (C=O) groups excluding carboxylic acids is 1. The summed E-state index contributed by atoms with van der Waals surface area (Å²) < 4.78 is 0. The number of H-pyrrole nitrogens is 1. The quantitative estimate of drug-likeness (QED) is 0.492. The zero-order valence-electron chi connectivity index (χ0n) is 13.0. The van der Waals surface area contributed by atoms with Crippen molar-refractivity contribution < 1.29 is 4.79 Å². The first kappa shape index (κ1) is 17.7. The SMILES string of the molecule is CCCc1cc(=O)[nH]c(SC(C)CC(C)(NC)C(N)=O)n1. The van der Waals surface area contributed by atoms with Gasteiger partial charge in [0.1, 0.15) is 0 Å². The van der Waals surface area contributed by atoms with Gasteiger partial charge in [0.25, 0.3) is 5.56 Å². The molecule has 2 atom stereocenters. The molecule has 21 heavy (non-hydrogen) atoms. The number of nitrogens with two attached hydrogens (primary N) is 1. The highest BCUT2D eigenvalue weighted by Crippen LogP contribution is 2.25. The highest BCUT2D eigenvalue weighted by atomic mass is 32.2. The largest absolute Gasteiger partial charge is 0.368 e. The van der Waals surface area contributed by atoms with Crippen LogP contribution in [0.1, 0.15) is 39.3 Å². The minimum atomic E-state index is -0.770. The number of amides is 1. The zero-order valence-corrected chi connectivity index (χ0v) is 13.8. The molecule has 6 nitrogen and oxygen atoms in total. The first-order valence-electron chi connectivity index (χ1n) is 7.06. The van der Waals surface area contributed by atoms with E-state index >= 15 is 0 Å². The molecule has 1 rings (SSSR count). The lowest BCUT2D eigenvalue weighted by Crippen LogP contribution is -2.52. The Morgan fingerprint density at radius 1 is 1.62 bits per heavy atom. The fourth-order valence-electron chi connectivity index (χ4n) is 2.06. The van der Waals surface area contributed by atoms with E-state index in [9.17, 15) is 9.59 Å². The summed E-state index contributed by atoms with van der Waals surface area (Å²) in [5, 5.41) is 3.62. The van der Waals surface area contributed by atoms with Gasteiger partial charge in [-0.1, -0.05) is 32.0 Å². The van der Waals surface area contributed by atoms with Crippen molar-refractivity contribution in [3.05, 3.63) is 22.1 Å². The molecular formula is C14H24N4O2S. The second-order valence-electron chi connectivity index (χ2n) is 5.37. The van der Waals surface area contributed by atoms with Gasteiger partial charge in [0.15, 0.2) is 5.16 Å². The molecule has 1 aromatic heterocycles. The highest BCUT2D eigenvalue weighted by molar-refractivity contribution is 7.99. The molecule has 0 aliphatic carbocycles. The van der Waals surface area contributed by atoms with Crippen molar-refractivity contribution in [2.45, 2.75) is 56.0 Å². The van der Waals surface area contributed by atoms with Crippen molar-refractivity contribution in [3.63, 3.8) is 0 Å². The Hall–Kier alpha value is -1.34. The molecule has 1 heterocycles. The lowest BCUT2D eigenvalue weighted by Gasteiger charge is -2.28. The molecular weight excluding hydrogens is 288 g/mol. The number of rotatable bonds is 8. The lowest BCUT2D eigenvalue weighted by atomic mass is 9.95. The number of likely N-dealkylation sites (N-methyl/N-ethyl adjacent to an activating group) is 1. The first-order valence-corrected chi connectivity index (χ1v) is 7.94. The van der Waals surface area contributed by atoms with Gasteiger partial charge in [0.2, 0.25) is 5.91 Å². The van der Waals surface area contributed by atoms with E-state index in [1.807, 2.05) is 13.8 Å².